The molecule has 1 aliphatic carbocycles. The van der Waals surface area contributed by atoms with Crippen LogP contribution in [0.2, 0.25) is 0 Å². The van der Waals surface area contributed by atoms with Crippen LogP contribution in [0.3, 0.4) is 0 Å². The Kier molecular flexibility index (Phi) is 3.68. The van der Waals surface area contributed by atoms with Crippen molar-refractivity contribution in [2.75, 3.05) is 26.2 Å². The fourth-order valence-electron chi connectivity index (χ4n) is 4.73. The molecule has 0 amide bonds. The van der Waals surface area contributed by atoms with Crippen molar-refractivity contribution in [1.82, 2.24) is 10.2 Å². The highest BCUT2D eigenvalue weighted by molar-refractivity contribution is 4.97. The topological polar surface area (TPSA) is 15.3 Å². The van der Waals surface area contributed by atoms with Crippen LogP contribution in [0, 0.1) is 17.3 Å². The third-order valence-corrected chi connectivity index (χ3v) is 6.13. The van der Waals surface area contributed by atoms with Crippen molar-refractivity contribution in [3.8, 4) is 0 Å². The summed E-state index contributed by atoms with van der Waals surface area (Å²) < 4.78 is 0. The molecular weight excluding hydrogens is 220 g/mol. The van der Waals surface area contributed by atoms with Crippen molar-refractivity contribution in [3.63, 3.8) is 0 Å². The van der Waals surface area contributed by atoms with Crippen LogP contribution in [0.15, 0.2) is 0 Å². The van der Waals surface area contributed by atoms with E-state index in [9.17, 15) is 0 Å². The Bertz CT molecular complexity index is 281. The third-order valence-electron chi connectivity index (χ3n) is 6.13. The van der Waals surface area contributed by atoms with E-state index in [1.807, 2.05) is 0 Å². The second-order valence-corrected chi connectivity index (χ2v) is 7.31. The van der Waals surface area contributed by atoms with E-state index < -0.39 is 0 Å². The lowest BCUT2D eigenvalue weighted by Gasteiger charge is -2.44. The molecule has 2 heteroatoms. The lowest BCUT2D eigenvalue weighted by molar-refractivity contribution is 0.0451. The highest BCUT2D eigenvalue weighted by Gasteiger charge is 2.42. The maximum atomic E-state index is 3.62. The average Bonchev–Trinajstić information content (AvgIpc) is 2.98. The van der Waals surface area contributed by atoms with Crippen molar-refractivity contribution in [2.45, 2.75) is 58.4 Å². The van der Waals surface area contributed by atoms with Crippen LogP contribution in [0.1, 0.15) is 52.4 Å². The van der Waals surface area contributed by atoms with Gasteiger partial charge in [-0.15, -0.1) is 0 Å². The van der Waals surface area contributed by atoms with Gasteiger partial charge in [0, 0.05) is 19.1 Å². The van der Waals surface area contributed by atoms with E-state index in [1.54, 1.807) is 0 Å². The van der Waals surface area contributed by atoms with Gasteiger partial charge in [-0.1, -0.05) is 20.3 Å². The van der Waals surface area contributed by atoms with Crippen LogP contribution in [0.4, 0.5) is 0 Å². The zero-order valence-corrected chi connectivity index (χ0v) is 12.3. The summed E-state index contributed by atoms with van der Waals surface area (Å²) in [4.78, 5) is 2.88. The summed E-state index contributed by atoms with van der Waals surface area (Å²) >= 11 is 0. The molecule has 2 nitrogen and oxygen atoms in total. The molecule has 3 rings (SSSR count). The van der Waals surface area contributed by atoms with Gasteiger partial charge >= 0.3 is 0 Å². The summed E-state index contributed by atoms with van der Waals surface area (Å²) in [5, 5.41) is 3.62. The zero-order chi connectivity index (χ0) is 12.6. The van der Waals surface area contributed by atoms with Crippen molar-refractivity contribution < 1.29 is 0 Å². The van der Waals surface area contributed by atoms with Gasteiger partial charge in [0.2, 0.25) is 0 Å². The molecule has 0 aromatic carbocycles. The number of nitrogens with zero attached hydrogens (tertiary/aromatic N) is 1. The van der Waals surface area contributed by atoms with Crippen LogP contribution in [0.5, 0.6) is 0 Å². The summed E-state index contributed by atoms with van der Waals surface area (Å²) in [5.41, 5.74) is 0.560. The zero-order valence-electron chi connectivity index (χ0n) is 12.3. The van der Waals surface area contributed by atoms with Gasteiger partial charge in [-0.2, -0.15) is 0 Å². The third kappa shape index (κ3) is 2.22. The number of fused-ring (bicyclic) bond motifs is 1. The SMILES string of the molecule is CC(C)C1(CN2CCCC3CCCC32)CCNC1. The summed E-state index contributed by atoms with van der Waals surface area (Å²) in [6.07, 6.45) is 8.81. The first kappa shape index (κ1) is 12.9. The van der Waals surface area contributed by atoms with Gasteiger partial charge in [0.05, 0.1) is 0 Å². The molecule has 3 unspecified atom stereocenters. The van der Waals surface area contributed by atoms with Crippen LogP contribution in [0.25, 0.3) is 0 Å². The van der Waals surface area contributed by atoms with E-state index >= 15 is 0 Å². The number of piperidine rings is 1. The number of likely N-dealkylation sites (tertiary alicyclic amines) is 1. The van der Waals surface area contributed by atoms with Gasteiger partial charge in [0.25, 0.3) is 0 Å². The summed E-state index contributed by atoms with van der Waals surface area (Å²) in [6, 6.07) is 0.940. The fraction of sp³-hybridized carbons (Fsp3) is 1.00. The van der Waals surface area contributed by atoms with E-state index in [1.165, 1.54) is 64.7 Å². The lowest BCUT2D eigenvalue weighted by Crippen LogP contribution is -2.50. The van der Waals surface area contributed by atoms with E-state index in [4.69, 9.17) is 0 Å². The maximum absolute atomic E-state index is 3.62. The number of rotatable bonds is 3. The lowest BCUT2D eigenvalue weighted by atomic mass is 9.75. The van der Waals surface area contributed by atoms with Crippen LogP contribution < -0.4 is 5.32 Å². The highest BCUT2D eigenvalue weighted by Crippen LogP contribution is 2.41. The molecule has 3 atom stereocenters. The van der Waals surface area contributed by atoms with Gasteiger partial charge in [0.1, 0.15) is 0 Å². The minimum atomic E-state index is 0.560. The van der Waals surface area contributed by atoms with Crippen molar-refractivity contribution >= 4 is 0 Å². The molecule has 0 bridgehead atoms. The molecule has 0 aromatic rings. The Morgan fingerprint density at radius 2 is 2.06 bits per heavy atom. The molecule has 1 saturated carbocycles. The molecular formula is C16H30N2. The summed E-state index contributed by atoms with van der Waals surface area (Å²) in [5.74, 6) is 1.85. The first-order valence-corrected chi connectivity index (χ1v) is 8.16. The van der Waals surface area contributed by atoms with Crippen LogP contribution in [-0.2, 0) is 0 Å². The van der Waals surface area contributed by atoms with Crippen LogP contribution >= 0.6 is 0 Å². The molecule has 2 aliphatic heterocycles. The summed E-state index contributed by atoms with van der Waals surface area (Å²) in [6.45, 7) is 10.1. The molecule has 0 aromatic heterocycles. The number of hydrogen-bond acceptors (Lipinski definition) is 2. The maximum Gasteiger partial charge on any atom is 0.0124 e. The van der Waals surface area contributed by atoms with Gasteiger partial charge in [-0.25, -0.2) is 0 Å². The molecule has 2 heterocycles. The van der Waals surface area contributed by atoms with Gasteiger partial charge in [0.15, 0.2) is 0 Å². The van der Waals surface area contributed by atoms with E-state index in [0.29, 0.717) is 5.41 Å². The fourth-order valence-corrected chi connectivity index (χ4v) is 4.73. The predicted octanol–water partition coefficient (Wildman–Crippen LogP) is 2.89. The molecule has 104 valence electrons. The van der Waals surface area contributed by atoms with E-state index in [2.05, 4.69) is 24.1 Å². The van der Waals surface area contributed by atoms with Crippen molar-refractivity contribution in [3.05, 3.63) is 0 Å². The first-order valence-electron chi connectivity index (χ1n) is 8.16. The van der Waals surface area contributed by atoms with Crippen molar-refractivity contribution in [1.29, 1.82) is 0 Å². The molecule has 1 N–H and O–H groups in total. The quantitative estimate of drug-likeness (QED) is 0.828. The Morgan fingerprint density at radius 3 is 2.78 bits per heavy atom. The largest absolute Gasteiger partial charge is 0.316 e. The second-order valence-electron chi connectivity index (χ2n) is 7.31. The van der Waals surface area contributed by atoms with Gasteiger partial charge in [-0.05, 0) is 62.4 Å². The number of hydrogen-bond donors (Lipinski definition) is 1. The highest BCUT2D eigenvalue weighted by atomic mass is 15.2. The van der Waals surface area contributed by atoms with E-state index in [-0.39, 0.29) is 0 Å². The molecule has 18 heavy (non-hydrogen) atoms. The molecule has 3 fully saturated rings. The Morgan fingerprint density at radius 1 is 1.22 bits per heavy atom. The first-order chi connectivity index (χ1) is 8.71. The van der Waals surface area contributed by atoms with E-state index in [0.717, 1.165) is 17.9 Å². The monoisotopic (exact) mass is 250 g/mol. The molecule has 0 radical (unpaired) electrons. The summed E-state index contributed by atoms with van der Waals surface area (Å²) in [7, 11) is 0. The molecule has 3 aliphatic rings. The average molecular weight is 250 g/mol. The Balaban J connectivity index is 1.70. The van der Waals surface area contributed by atoms with Crippen molar-refractivity contribution in [2.24, 2.45) is 17.3 Å². The predicted molar refractivity (Wildman–Crippen MR) is 76.7 cm³/mol. The minimum Gasteiger partial charge on any atom is -0.316 e. The normalized spacial score (nSPS) is 41.5. The smallest absolute Gasteiger partial charge is 0.0124 e. The standard InChI is InChI=1S/C16H30N2/c1-13(2)16(8-9-17-11-16)12-18-10-4-6-14-5-3-7-15(14)18/h13-15,17H,3-12H2,1-2H3. The number of nitrogens with one attached hydrogen (secondary N) is 1. The van der Waals surface area contributed by atoms with Gasteiger partial charge < -0.3 is 5.32 Å². The Hall–Kier alpha value is -0.0800. The Labute approximate surface area is 113 Å². The second kappa shape index (κ2) is 5.13. The van der Waals surface area contributed by atoms with Crippen LogP contribution in [-0.4, -0.2) is 37.1 Å². The molecule has 0 spiro atoms. The molecule has 2 saturated heterocycles. The minimum absolute atomic E-state index is 0.560. The van der Waals surface area contributed by atoms with Gasteiger partial charge in [-0.3, -0.25) is 4.90 Å².